The first-order valence-corrected chi connectivity index (χ1v) is 16.5. The van der Waals surface area contributed by atoms with E-state index >= 15 is 0 Å². The molecule has 1 aliphatic heterocycles. The van der Waals surface area contributed by atoms with Crippen LogP contribution in [-0.4, -0.2) is 52.4 Å². The average molecular weight is 659 g/mol. The lowest BCUT2D eigenvalue weighted by Gasteiger charge is -2.38. The number of hydrogen-bond donors (Lipinski definition) is 4. The smallest absolute Gasteiger partial charge is 0.251 e. The Morgan fingerprint density at radius 2 is 1.55 bits per heavy atom. The lowest BCUT2D eigenvalue weighted by Crippen LogP contribution is -2.39. The molecule has 5 aromatic carbocycles. The molecule has 252 valence electrons. The third-order valence-electron chi connectivity index (χ3n) is 8.78. The van der Waals surface area contributed by atoms with Crippen molar-refractivity contribution >= 4 is 5.91 Å². The molecule has 0 unspecified atom stereocenters. The second-order valence-corrected chi connectivity index (χ2v) is 12.6. The van der Waals surface area contributed by atoms with Gasteiger partial charge in [0.25, 0.3) is 5.91 Å². The number of carbonyl (C=O) groups excluding carboxylic acids is 1. The van der Waals surface area contributed by atoms with E-state index in [0.717, 1.165) is 33.4 Å². The number of carbonyl (C=O) groups is 1. The minimum atomic E-state index is -0.770. The van der Waals surface area contributed by atoms with Crippen LogP contribution >= 0.6 is 0 Å². The van der Waals surface area contributed by atoms with E-state index in [1.54, 1.807) is 36.4 Å². The van der Waals surface area contributed by atoms with Crippen LogP contribution in [-0.2, 0) is 22.6 Å². The Balaban J connectivity index is 1.18. The van der Waals surface area contributed by atoms with Gasteiger partial charge in [-0.15, -0.1) is 0 Å². The predicted molar refractivity (Wildman–Crippen MR) is 188 cm³/mol. The van der Waals surface area contributed by atoms with Crippen LogP contribution in [0.3, 0.4) is 0 Å². The quantitative estimate of drug-likeness (QED) is 0.118. The number of hydrogen-bond acceptors (Lipinski definition) is 7. The van der Waals surface area contributed by atoms with Crippen LogP contribution in [0.4, 0.5) is 0 Å². The molecule has 1 aliphatic rings. The number of nitrogens with one attached hydrogen (secondary N) is 1. The van der Waals surface area contributed by atoms with Crippen molar-refractivity contribution in [1.82, 2.24) is 10.2 Å². The molecule has 1 heterocycles. The highest BCUT2D eigenvalue weighted by atomic mass is 16.7. The molecule has 1 amide bonds. The summed E-state index contributed by atoms with van der Waals surface area (Å²) in [6.07, 6.45) is -1.26. The number of aliphatic hydroxyl groups excluding tert-OH is 2. The topological polar surface area (TPSA) is 111 Å². The number of amides is 1. The van der Waals surface area contributed by atoms with Gasteiger partial charge in [-0.3, -0.25) is 4.79 Å². The number of phenolic OH excluding ortho intramolecular Hbond substituents is 1. The zero-order chi connectivity index (χ0) is 34.2. The summed E-state index contributed by atoms with van der Waals surface area (Å²) in [5, 5.41) is 33.3. The lowest BCUT2D eigenvalue weighted by atomic mass is 9.98. The van der Waals surface area contributed by atoms with Crippen molar-refractivity contribution < 1.29 is 29.6 Å². The second-order valence-electron chi connectivity index (χ2n) is 12.6. The van der Waals surface area contributed by atoms with Crippen molar-refractivity contribution in [1.29, 1.82) is 0 Å². The van der Waals surface area contributed by atoms with Gasteiger partial charge in [-0.2, -0.15) is 0 Å². The minimum absolute atomic E-state index is 0.0279. The zero-order valence-corrected chi connectivity index (χ0v) is 27.5. The number of phenols is 1. The molecule has 1 fully saturated rings. The molecule has 4 N–H and O–H groups in total. The molecule has 49 heavy (non-hydrogen) atoms. The van der Waals surface area contributed by atoms with Crippen molar-refractivity contribution in [3.63, 3.8) is 0 Å². The highest BCUT2D eigenvalue weighted by molar-refractivity contribution is 5.94. The Morgan fingerprint density at radius 1 is 0.816 bits per heavy atom. The van der Waals surface area contributed by atoms with E-state index < -0.39 is 12.4 Å². The normalized spacial score (nSPS) is 18.2. The van der Waals surface area contributed by atoms with Crippen LogP contribution in [0, 0.1) is 0 Å². The maximum Gasteiger partial charge on any atom is 0.251 e. The number of rotatable bonds is 12. The molecule has 6 rings (SSSR count). The molecule has 0 radical (unpaired) electrons. The molecule has 0 bridgehead atoms. The second kappa shape index (κ2) is 16.0. The number of nitrogens with zero attached hydrogens (tertiary/aromatic N) is 1. The van der Waals surface area contributed by atoms with Crippen molar-refractivity contribution in [2.45, 2.75) is 44.2 Å². The lowest BCUT2D eigenvalue weighted by molar-refractivity contribution is -0.252. The zero-order valence-electron chi connectivity index (χ0n) is 27.5. The summed E-state index contributed by atoms with van der Waals surface area (Å²) in [4.78, 5) is 14.6. The maximum absolute atomic E-state index is 12.6. The molecular weight excluding hydrogens is 616 g/mol. The average Bonchev–Trinajstić information content (AvgIpc) is 3.14. The summed E-state index contributed by atoms with van der Waals surface area (Å²) < 4.78 is 13.2. The fourth-order valence-corrected chi connectivity index (χ4v) is 6.19. The Labute approximate surface area is 287 Å². The summed E-state index contributed by atoms with van der Waals surface area (Å²) in [6.45, 7) is 1.29. The van der Waals surface area contributed by atoms with Crippen molar-refractivity contribution in [3.8, 4) is 16.9 Å². The number of likely N-dealkylation sites (N-methyl/N-ethyl adjacent to an activating group) is 1. The van der Waals surface area contributed by atoms with Crippen molar-refractivity contribution in [2.24, 2.45) is 0 Å². The van der Waals surface area contributed by atoms with Crippen LogP contribution in [0.1, 0.15) is 63.1 Å². The SMILES string of the molecule is CN(C[C@H]1C[C@@H](c2ccc(CO)cc2)O[C@@H](c2cccc(-c3cccc(CNC(=O)c4ccccc4)c3)c2)O1)C[C@@H](O)c1cccc(O)c1. The molecular formula is C41H42N2O6. The monoisotopic (exact) mass is 658 g/mol. The number of benzene rings is 5. The van der Waals surface area contributed by atoms with Crippen LogP contribution in [0.15, 0.2) is 127 Å². The van der Waals surface area contributed by atoms with E-state index in [4.69, 9.17) is 9.47 Å². The van der Waals surface area contributed by atoms with Crippen LogP contribution in [0.25, 0.3) is 11.1 Å². The van der Waals surface area contributed by atoms with E-state index in [0.29, 0.717) is 37.2 Å². The number of aliphatic hydroxyl groups is 2. The standard InChI is InChI=1S/C41H42N2O6/c1-43(26-38(46)34-13-7-15-36(45)22-34)25-37-23-39(30-18-16-28(27-44)17-19-30)49-41(48-37)35-14-6-12-33(21-35)32-11-5-8-29(20-32)24-42-40(47)31-9-3-2-4-10-31/h2-22,37-39,41,44-46H,23-27H2,1H3,(H,42,47)/t37-,38-,39+,41+/m1/s1. The molecule has 1 saturated heterocycles. The van der Waals surface area contributed by atoms with Gasteiger partial charge in [0.1, 0.15) is 5.75 Å². The Hall–Kier alpha value is -4.83. The highest BCUT2D eigenvalue weighted by Gasteiger charge is 2.33. The van der Waals surface area contributed by atoms with Crippen molar-refractivity contribution in [2.75, 3.05) is 20.1 Å². The largest absolute Gasteiger partial charge is 0.508 e. The highest BCUT2D eigenvalue weighted by Crippen LogP contribution is 2.39. The van der Waals surface area contributed by atoms with Gasteiger partial charge in [-0.05, 0) is 76.8 Å². The van der Waals surface area contributed by atoms with E-state index in [1.165, 1.54) is 0 Å². The summed E-state index contributed by atoms with van der Waals surface area (Å²) in [5.41, 5.74) is 6.98. The fraction of sp³-hybridized carbons (Fsp3) is 0.244. The van der Waals surface area contributed by atoms with E-state index in [1.807, 2.05) is 90.8 Å². The first kappa shape index (κ1) is 34.0. The third kappa shape index (κ3) is 9.00. The summed E-state index contributed by atoms with van der Waals surface area (Å²) in [6, 6.07) is 39.9. The van der Waals surface area contributed by atoms with Gasteiger partial charge in [0, 0.05) is 37.2 Å². The number of aromatic hydroxyl groups is 1. The van der Waals surface area contributed by atoms with E-state index in [2.05, 4.69) is 17.4 Å². The summed E-state index contributed by atoms with van der Waals surface area (Å²) >= 11 is 0. The number of ether oxygens (including phenoxy) is 2. The Kier molecular flexibility index (Phi) is 11.1. The van der Waals surface area contributed by atoms with E-state index in [-0.39, 0.29) is 30.5 Å². The summed E-state index contributed by atoms with van der Waals surface area (Å²) in [7, 11) is 1.95. The molecule has 0 spiro atoms. The molecule has 0 saturated carbocycles. The van der Waals surface area contributed by atoms with Crippen LogP contribution in [0.5, 0.6) is 5.75 Å². The minimum Gasteiger partial charge on any atom is -0.508 e. The Bertz CT molecular complexity index is 1830. The predicted octanol–water partition coefficient (Wildman–Crippen LogP) is 6.69. The van der Waals surface area contributed by atoms with Crippen LogP contribution in [0.2, 0.25) is 0 Å². The molecule has 8 heteroatoms. The van der Waals surface area contributed by atoms with Gasteiger partial charge in [0.15, 0.2) is 6.29 Å². The van der Waals surface area contributed by atoms with Crippen LogP contribution < -0.4 is 5.32 Å². The van der Waals surface area contributed by atoms with Gasteiger partial charge in [-0.25, -0.2) is 0 Å². The summed E-state index contributed by atoms with van der Waals surface area (Å²) in [5.74, 6) is 0.00266. The first-order chi connectivity index (χ1) is 23.8. The molecule has 0 aliphatic carbocycles. The van der Waals surface area contributed by atoms with Gasteiger partial charge in [0.05, 0.1) is 24.9 Å². The molecule has 8 nitrogen and oxygen atoms in total. The van der Waals surface area contributed by atoms with Gasteiger partial charge in [0.2, 0.25) is 0 Å². The fourth-order valence-electron chi connectivity index (χ4n) is 6.19. The van der Waals surface area contributed by atoms with Gasteiger partial charge in [-0.1, -0.05) is 91.0 Å². The molecule has 0 aromatic heterocycles. The maximum atomic E-state index is 12.6. The molecule has 4 atom stereocenters. The van der Waals surface area contributed by atoms with E-state index in [9.17, 15) is 20.1 Å². The van der Waals surface area contributed by atoms with Gasteiger partial charge >= 0.3 is 0 Å². The Morgan fingerprint density at radius 3 is 2.31 bits per heavy atom. The van der Waals surface area contributed by atoms with Gasteiger partial charge < -0.3 is 35.0 Å². The van der Waals surface area contributed by atoms with Crippen molar-refractivity contribution in [3.05, 3.63) is 161 Å². The third-order valence-corrected chi connectivity index (χ3v) is 8.78. The molecule has 5 aromatic rings. The first-order valence-electron chi connectivity index (χ1n) is 16.5.